The van der Waals surface area contributed by atoms with Crippen molar-refractivity contribution >= 4 is 27.6 Å². The molecule has 0 bridgehead atoms. The second-order valence-corrected chi connectivity index (χ2v) is 11.2. The van der Waals surface area contributed by atoms with Crippen LogP contribution >= 0.6 is 0 Å². The first-order chi connectivity index (χ1) is 16.8. The molecule has 9 heteroatoms. The van der Waals surface area contributed by atoms with Crippen molar-refractivity contribution in [3.63, 3.8) is 0 Å². The molecular formula is C26H33N3O5S. The topological polar surface area (TPSA) is 87.2 Å². The number of amides is 1. The van der Waals surface area contributed by atoms with Gasteiger partial charge in [0.05, 0.1) is 16.1 Å². The van der Waals surface area contributed by atoms with Gasteiger partial charge in [0, 0.05) is 45.8 Å². The predicted octanol–water partition coefficient (Wildman–Crippen LogP) is 3.45. The SMILES string of the molecule is CN(C)C(=O)C(OC(=O)c1cc(S(=O)(=O)N2CCCCC2)ccc1N1CCCC1)c1ccccc1. The second kappa shape index (κ2) is 10.8. The van der Waals surface area contributed by atoms with Gasteiger partial charge in [0.15, 0.2) is 0 Å². The molecular weight excluding hydrogens is 466 g/mol. The van der Waals surface area contributed by atoms with Crippen LogP contribution in [0.4, 0.5) is 5.69 Å². The predicted molar refractivity (Wildman–Crippen MR) is 134 cm³/mol. The van der Waals surface area contributed by atoms with Crippen molar-refractivity contribution in [2.45, 2.75) is 43.1 Å². The molecule has 188 valence electrons. The highest BCUT2D eigenvalue weighted by Gasteiger charge is 2.32. The van der Waals surface area contributed by atoms with Crippen molar-refractivity contribution in [1.29, 1.82) is 0 Å². The van der Waals surface area contributed by atoms with Gasteiger partial charge in [-0.05, 0) is 43.9 Å². The Morgan fingerprint density at radius 2 is 1.51 bits per heavy atom. The Hall–Kier alpha value is -2.91. The van der Waals surface area contributed by atoms with Gasteiger partial charge in [-0.3, -0.25) is 4.79 Å². The quantitative estimate of drug-likeness (QED) is 0.543. The molecule has 0 spiro atoms. The lowest BCUT2D eigenvalue weighted by atomic mass is 10.1. The fourth-order valence-corrected chi connectivity index (χ4v) is 6.16. The fraction of sp³-hybridized carbons (Fsp3) is 0.462. The summed E-state index contributed by atoms with van der Waals surface area (Å²) < 4.78 is 33.9. The normalized spacial score (nSPS) is 17.7. The van der Waals surface area contributed by atoms with E-state index in [0.29, 0.717) is 24.3 Å². The van der Waals surface area contributed by atoms with Crippen LogP contribution < -0.4 is 4.90 Å². The number of ether oxygens (including phenoxy) is 1. The summed E-state index contributed by atoms with van der Waals surface area (Å²) in [5.41, 5.74) is 1.35. The van der Waals surface area contributed by atoms with Gasteiger partial charge in [-0.1, -0.05) is 36.8 Å². The minimum absolute atomic E-state index is 0.0736. The zero-order valence-corrected chi connectivity index (χ0v) is 21.2. The van der Waals surface area contributed by atoms with Crippen molar-refractivity contribution in [2.75, 3.05) is 45.2 Å². The molecule has 35 heavy (non-hydrogen) atoms. The highest BCUT2D eigenvalue weighted by atomic mass is 32.2. The van der Waals surface area contributed by atoms with E-state index in [-0.39, 0.29) is 16.4 Å². The molecule has 2 fully saturated rings. The molecule has 2 aliphatic heterocycles. The highest BCUT2D eigenvalue weighted by Crippen LogP contribution is 2.31. The van der Waals surface area contributed by atoms with Crippen LogP contribution in [0.5, 0.6) is 0 Å². The van der Waals surface area contributed by atoms with Gasteiger partial charge < -0.3 is 14.5 Å². The number of benzene rings is 2. The zero-order chi connectivity index (χ0) is 25.0. The number of nitrogens with zero attached hydrogens (tertiary/aromatic N) is 3. The average molecular weight is 500 g/mol. The number of anilines is 1. The molecule has 2 aromatic rings. The van der Waals surface area contributed by atoms with E-state index in [4.69, 9.17) is 4.74 Å². The van der Waals surface area contributed by atoms with E-state index >= 15 is 0 Å². The lowest BCUT2D eigenvalue weighted by Gasteiger charge is -2.27. The molecule has 0 N–H and O–H groups in total. The molecule has 0 radical (unpaired) electrons. The Labute approximate surface area is 207 Å². The first-order valence-corrected chi connectivity index (χ1v) is 13.6. The maximum atomic E-state index is 13.6. The Balaban J connectivity index is 1.71. The van der Waals surface area contributed by atoms with E-state index < -0.39 is 22.1 Å². The summed E-state index contributed by atoms with van der Waals surface area (Å²) in [4.78, 5) is 30.0. The summed E-state index contributed by atoms with van der Waals surface area (Å²) in [5, 5.41) is 0. The molecule has 1 atom stereocenters. The van der Waals surface area contributed by atoms with Gasteiger partial charge in [-0.2, -0.15) is 4.31 Å². The van der Waals surface area contributed by atoms with Crippen molar-refractivity contribution in [3.05, 3.63) is 59.7 Å². The number of hydrogen-bond acceptors (Lipinski definition) is 6. The van der Waals surface area contributed by atoms with Crippen molar-refractivity contribution in [3.8, 4) is 0 Å². The molecule has 1 unspecified atom stereocenters. The Morgan fingerprint density at radius 1 is 0.886 bits per heavy atom. The number of likely N-dealkylation sites (N-methyl/N-ethyl adjacent to an activating group) is 1. The van der Waals surface area contributed by atoms with Gasteiger partial charge in [-0.25, -0.2) is 13.2 Å². The molecule has 0 aromatic heterocycles. The summed E-state index contributed by atoms with van der Waals surface area (Å²) in [5.74, 6) is -1.09. The lowest BCUT2D eigenvalue weighted by Crippen LogP contribution is -2.36. The zero-order valence-electron chi connectivity index (χ0n) is 20.4. The molecule has 2 aromatic carbocycles. The monoisotopic (exact) mass is 499 g/mol. The third-order valence-electron chi connectivity index (χ3n) is 6.58. The van der Waals surface area contributed by atoms with Crippen LogP contribution in [0.3, 0.4) is 0 Å². The van der Waals surface area contributed by atoms with Crippen LogP contribution in [-0.2, 0) is 19.6 Å². The van der Waals surface area contributed by atoms with Crippen LogP contribution in [0.1, 0.15) is 54.1 Å². The Kier molecular flexibility index (Phi) is 7.76. The van der Waals surface area contributed by atoms with E-state index in [1.54, 1.807) is 50.5 Å². The van der Waals surface area contributed by atoms with Crippen LogP contribution in [0.25, 0.3) is 0 Å². The van der Waals surface area contributed by atoms with Gasteiger partial charge in [-0.15, -0.1) is 0 Å². The average Bonchev–Trinajstić information content (AvgIpc) is 3.42. The van der Waals surface area contributed by atoms with Gasteiger partial charge >= 0.3 is 5.97 Å². The summed E-state index contributed by atoms with van der Waals surface area (Å²) >= 11 is 0. The fourth-order valence-electron chi connectivity index (χ4n) is 4.62. The van der Waals surface area contributed by atoms with Gasteiger partial charge in [0.2, 0.25) is 16.1 Å². The Morgan fingerprint density at radius 3 is 2.14 bits per heavy atom. The van der Waals surface area contributed by atoms with E-state index in [1.165, 1.54) is 15.3 Å². The lowest BCUT2D eigenvalue weighted by molar-refractivity contribution is -0.138. The number of sulfonamides is 1. The summed E-state index contributed by atoms with van der Waals surface area (Å²) in [6.45, 7) is 2.50. The highest BCUT2D eigenvalue weighted by molar-refractivity contribution is 7.89. The first kappa shape index (κ1) is 25.2. The largest absolute Gasteiger partial charge is 0.444 e. The summed E-state index contributed by atoms with van der Waals surface area (Å²) in [7, 11) is -0.527. The van der Waals surface area contributed by atoms with Crippen LogP contribution in [0.2, 0.25) is 0 Å². The van der Waals surface area contributed by atoms with Crippen molar-refractivity contribution < 1.29 is 22.7 Å². The maximum absolute atomic E-state index is 13.6. The molecule has 2 heterocycles. The smallest absolute Gasteiger partial charge is 0.341 e. The number of hydrogen-bond donors (Lipinski definition) is 0. The van der Waals surface area contributed by atoms with E-state index in [1.807, 2.05) is 6.07 Å². The van der Waals surface area contributed by atoms with Crippen LogP contribution in [0.15, 0.2) is 53.4 Å². The minimum atomic E-state index is -3.74. The first-order valence-electron chi connectivity index (χ1n) is 12.2. The van der Waals surface area contributed by atoms with Crippen LogP contribution in [-0.4, -0.2) is 69.8 Å². The molecule has 2 saturated heterocycles. The molecule has 0 aliphatic carbocycles. The van der Waals surface area contributed by atoms with E-state index in [2.05, 4.69) is 4.90 Å². The molecule has 0 saturated carbocycles. The maximum Gasteiger partial charge on any atom is 0.341 e. The number of carbonyl (C=O) groups is 2. The third-order valence-corrected chi connectivity index (χ3v) is 8.47. The number of piperidine rings is 1. The van der Waals surface area contributed by atoms with Crippen molar-refractivity contribution in [2.24, 2.45) is 0 Å². The molecule has 8 nitrogen and oxygen atoms in total. The number of rotatable bonds is 7. The van der Waals surface area contributed by atoms with E-state index in [0.717, 1.165) is 45.2 Å². The third kappa shape index (κ3) is 5.51. The van der Waals surface area contributed by atoms with E-state index in [9.17, 15) is 18.0 Å². The molecule has 4 rings (SSSR count). The standard InChI is InChI=1S/C26H33N3O5S/c1-27(2)25(30)24(20-11-5-3-6-12-20)34-26(31)22-19-21(13-14-23(22)28-15-9-10-16-28)35(32,33)29-17-7-4-8-18-29/h3,5-6,11-14,19,24H,4,7-10,15-18H2,1-2H3. The molecule has 1 amide bonds. The van der Waals surface area contributed by atoms with Crippen LogP contribution in [0, 0.1) is 0 Å². The van der Waals surface area contributed by atoms with Gasteiger partial charge in [0.1, 0.15) is 0 Å². The number of carbonyl (C=O) groups excluding carboxylic acids is 2. The minimum Gasteiger partial charge on any atom is -0.444 e. The number of esters is 1. The van der Waals surface area contributed by atoms with Gasteiger partial charge in [0.25, 0.3) is 5.91 Å². The molecule has 2 aliphatic rings. The second-order valence-electron chi connectivity index (χ2n) is 9.27. The summed E-state index contributed by atoms with van der Waals surface area (Å²) in [6.07, 6.45) is 3.52. The van der Waals surface area contributed by atoms with Crippen molar-refractivity contribution in [1.82, 2.24) is 9.21 Å². The summed E-state index contributed by atoms with van der Waals surface area (Å²) in [6, 6.07) is 13.5. The Bertz CT molecular complexity index is 1150.